The third-order valence-electron chi connectivity index (χ3n) is 3.96. The Balaban J connectivity index is 1.68. The maximum atomic E-state index is 12.5. The van der Waals surface area contributed by atoms with E-state index >= 15 is 0 Å². The first-order valence-corrected chi connectivity index (χ1v) is 7.54. The highest BCUT2D eigenvalue weighted by molar-refractivity contribution is 5.90. The van der Waals surface area contributed by atoms with Crippen LogP contribution in [-0.2, 0) is 9.47 Å². The second-order valence-corrected chi connectivity index (χ2v) is 5.48. The molecule has 0 bridgehead atoms. The summed E-state index contributed by atoms with van der Waals surface area (Å²) in [5.74, 6) is -1.14. The van der Waals surface area contributed by atoms with Gasteiger partial charge < -0.3 is 14.0 Å². The van der Waals surface area contributed by atoms with Crippen molar-refractivity contribution in [1.82, 2.24) is 10.1 Å². The molecule has 0 amide bonds. The lowest BCUT2D eigenvalue weighted by Crippen LogP contribution is -2.27. The molecule has 0 aliphatic heterocycles. The van der Waals surface area contributed by atoms with E-state index in [2.05, 4.69) is 14.7 Å². The molecule has 1 aromatic carbocycles. The second-order valence-electron chi connectivity index (χ2n) is 5.48. The number of alkyl halides is 2. The average molecular weight is 338 g/mol. The summed E-state index contributed by atoms with van der Waals surface area (Å²) in [4.78, 5) is 15.8. The first-order valence-electron chi connectivity index (χ1n) is 7.54. The average Bonchev–Trinajstić information content (AvgIpc) is 3.24. The summed E-state index contributed by atoms with van der Waals surface area (Å²) in [6.45, 7) is 0. The molecule has 2 aromatic rings. The Morgan fingerprint density at radius 1 is 1.25 bits per heavy atom. The van der Waals surface area contributed by atoms with Crippen molar-refractivity contribution in [1.29, 1.82) is 0 Å². The molecule has 0 radical (unpaired) electrons. The molecule has 1 aliphatic rings. The maximum Gasteiger partial charge on any atom is 0.338 e. The van der Waals surface area contributed by atoms with Gasteiger partial charge in [-0.2, -0.15) is 13.8 Å². The lowest BCUT2D eigenvalue weighted by molar-refractivity contribution is -0.0206. The van der Waals surface area contributed by atoms with Gasteiger partial charge in [-0.05, 0) is 31.4 Å². The van der Waals surface area contributed by atoms with Crippen molar-refractivity contribution in [3.05, 3.63) is 35.7 Å². The quantitative estimate of drug-likeness (QED) is 0.778. The first kappa shape index (κ1) is 16.5. The fourth-order valence-corrected chi connectivity index (χ4v) is 2.70. The fourth-order valence-electron chi connectivity index (χ4n) is 2.70. The topological polar surface area (TPSA) is 74.5 Å². The molecule has 2 atom stereocenters. The molecule has 0 spiro atoms. The molecule has 24 heavy (non-hydrogen) atoms. The van der Waals surface area contributed by atoms with Crippen LogP contribution in [0.5, 0.6) is 0 Å². The normalized spacial score (nSPS) is 20.5. The third kappa shape index (κ3) is 3.43. The molecule has 1 aliphatic carbocycles. The monoisotopic (exact) mass is 338 g/mol. The first-order chi connectivity index (χ1) is 11.6. The Labute approximate surface area is 136 Å². The number of carbonyl (C=O) groups is 1. The molecule has 3 rings (SSSR count). The number of aromatic nitrogens is 2. The van der Waals surface area contributed by atoms with Crippen molar-refractivity contribution in [2.45, 2.75) is 37.9 Å². The molecular weight excluding hydrogens is 322 g/mol. The molecule has 1 heterocycles. The van der Waals surface area contributed by atoms with E-state index in [0.717, 1.165) is 19.3 Å². The van der Waals surface area contributed by atoms with Gasteiger partial charge in [-0.15, -0.1) is 0 Å². The van der Waals surface area contributed by atoms with Crippen molar-refractivity contribution in [2.75, 3.05) is 7.11 Å². The lowest BCUT2D eigenvalue weighted by atomic mass is 10.1. The van der Waals surface area contributed by atoms with Crippen LogP contribution in [-0.4, -0.2) is 35.4 Å². The fraction of sp³-hybridized carbons (Fsp3) is 0.438. The summed E-state index contributed by atoms with van der Waals surface area (Å²) in [6.07, 6.45) is -0.521. The highest BCUT2D eigenvalue weighted by Crippen LogP contribution is 2.26. The van der Waals surface area contributed by atoms with Crippen LogP contribution < -0.4 is 0 Å². The minimum absolute atomic E-state index is 0.0421. The van der Waals surface area contributed by atoms with Gasteiger partial charge >= 0.3 is 12.4 Å². The second kappa shape index (κ2) is 7.04. The predicted molar refractivity (Wildman–Crippen MR) is 78.5 cm³/mol. The summed E-state index contributed by atoms with van der Waals surface area (Å²) < 4.78 is 40.1. The van der Waals surface area contributed by atoms with Crippen LogP contribution in [0.1, 0.15) is 41.9 Å². The number of rotatable bonds is 5. The lowest BCUT2D eigenvalue weighted by Gasteiger charge is -2.18. The van der Waals surface area contributed by atoms with Crippen LogP contribution >= 0.6 is 0 Å². The summed E-state index contributed by atoms with van der Waals surface area (Å²) in [5, 5.41) is 3.49. The number of methoxy groups -OCH3 is 1. The van der Waals surface area contributed by atoms with Crippen LogP contribution in [0.25, 0.3) is 11.4 Å². The molecule has 0 unspecified atom stereocenters. The zero-order valence-electron chi connectivity index (χ0n) is 12.9. The molecule has 0 N–H and O–H groups in total. The molecule has 128 valence electrons. The van der Waals surface area contributed by atoms with Crippen LogP contribution in [0.3, 0.4) is 0 Å². The Morgan fingerprint density at radius 3 is 2.58 bits per heavy atom. The molecule has 1 aromatic heterocycles. The Kier molecular flexibility index (Phi) is 4.84. The van der Waals surface area contributed by atoms with Gasteiger partial charge in [0.15, 0.2) is 0 Å². The Hall–Kier alpha value is -2.35. The zero-order chi connectivity index (χ0) is 17.1. The number of halogens is 2. The van der Waals surface area contributed by atoms with Crippen LogP contribution in [0.4, 0.5) is 8.78 Å². The highest BCUT2D eigenvalue weighted by atomic mass is 19.3. The van der Waals surface area contributed by atoms with E-state index in [9.17, 15) is 13.6 Å². The summed E-state index contributed by atoms with van der Waals surface area (Å²) in [7, 11) is 1.60. The number of ether oxygens (including phenoxy) is 2. The third-order valence-corrected chi connectivity index (χ3v) is 3.96. The van der Waals surface area contributed by atoms with Gasteiger partial charge in [0.1, 0.15) is 6.10 Å². The molecule has 6 nitrogen and oxygen atoms in total. The van der Waals surface area contributed by atoms with Crippen LogP contribution in [0.15, 0.2) is 28.8 Å². The van der Waals surface area contributed by atoms with E-state index in [1.807, 2.05) is 0 Å². The van der Waals surface area contributed by atoms with E-state index in [0.29, 0.717) is 11.1 Å². The van der Waals surface area contributed by atoms with E-state index in [1.54, 1.807) is 19.2 Å². The van der Waals surface area contributed by atoms with Crippen molar-refractivity contribution in [2.24, 2.45) is 0 Å². The maximum absolute atomic E-state index is 12.5. The molecule has 0 saturated heterocycles. The molecular formula is C16H16F2N2O4. The van der Waals surface area contributed by atoms with Gasteiger partial charge in [-0.1, -0.05) is 17.3 Å². The van der Waals surface area contributed by atoms with Crippen molar-refractivity contribution in [3.63, 3.8) is 0 Å². The molecule has 1 fully saturated rings. The minimum atomic E-state index is -2.82. The highest BCUT2D eigenvalue weighted by Gasteiger charge is 2.30. The smallest absolute Gasteiger partial charge is 0.338 e. The summed E-state index contributed by atoms with van der Waals surface area (Å²) >= 11 is 0. The predicted octanol–water partition coefficient (Wildman–Crippen LogP) is 3.40. The van der Waals surface area contributed by atoms with Gasteiger partial charge in [0.2, 0.25) is 5.82 Å². The number of hydrogen-bond donors (Lipinski definition) is 0. The molecule has 8 heteroatoms. The number of nitrogens with zero attached hydrogens (tertiary/aromatic N) is 2. The van der Waals surface area contributed by atoms with E-state index in [4.69, 9.17) is 9.47 Å². The largest absolute Gasteiger partial charge is 0.456 e. The van der Waals surface area contributed by atoms with E-state index < -0.39 is 18.3 Å². The van der Waals surface area contributed by atoms with Gasteiger partial charge in [0.05, 0.1) is 11.7 Å². The van der Waals surface area contributed by atoms with E-state index in [-0.39, 0.29) is 18.0 Å². The number of esters is 1. The Morgan fingerprint density at radius 2 is 1.96 bits per heavy atom. The standard InChI is InChI=1S/C16H16F2N2O4/c1-22-11-3-2-4-12(11)23-16(21)10-7-5-9(6-8-10)14-19-15(13(17)18)24-20-14/h5-8,11-13H,2-4H2,1H3/t11-,12+/m1/s1. The van der Waals surface area contributed by atoms with Crippen LogP contribution in [0.2, 0.25) is 0 Å². The van der Waals surface area contributed by atoms with E-state index in [1.165, 1.54) is 12.1 Å². The van der Waals surface area contributed by atoms with Gasteiger partial charge in [0, 0.05) is 12.7 Å². The van der Waals surface area contributed by atoms with Crippen molar-refractivity contribution >= 4 is 5.97 Å². The van der Waals surface area contributed by atoms with Gasteiger partial charge in [0.25, 0.3) is 5.89 Å². The van der Waals surface area contributed by atoms with Gasteiger partial charge in [-0.25, -0.2) is 4.79 Å². The summed E-state index contributed by atoms with van der Waals surface area (Å²) in [6, 6.07) is 6.18. The Bertz CT molecular complexity index is 702. The van der Waals surface area contributed by atoms with Crippen LogP contribution in [0, 0.1) is 0 Å². The zero-order valence-corrected chi connectivity index (χ0v) is 12.9. The van der Waals surface area contributed by atoms with Gasteiger partial charge in [-0.3, -0.25) is 0 Å². The van der Waals surface area contributed by atoms with Crippen molar-refractivity contribution < 1.29 is 27.6 Å². The number of benzene rings is 1. The summed E-state index contributed by atoms with van der Waals surface area (Å²) in [5.41, 5.74) is 0.830. The SMILES string of the molecule is CO[C@@H]1CCC[C@@H]1OC(=O)c1ccc(-c2noc(C(F)F)n2)cc1. The number of carbonyl (C=O) groups excluding carboxylic acids is 1. The molecule has 1 saturated carbocycles. The minimum Gasteiger partial charge on any atom is -0.456 e. The van der Waals surface area contributed by atoms with Crippen molar-refractivity contribution in [3.8, 4) is 11.4 Å². The number of hydrogen-bond acceptors (Lipinski definition) is 6.